The van der Waals surface area contributed by atoms with E-state index in [1.807, 2.05) is 24.3 Å². The normalized spacial score (nSPS) is 18.9. The first-order valence-electron chi connectivity index (χ1n) is 14.9. The van der Waals surface area contributed by atoms with Gasteiger partial charge in [-0.15, -0.1) is 0 Å². The van der Waals surface area contributed by atoms with Gasteiger partial charge in [-0.1, -0.05) is 61.5 Å². The predicted octanol–water partition coefficient (Wildman–Crippen LogP) is 6.03. The third-order valence-corrected chi connectivity index (χ3v) is 8.24. The number of hydrogen-bond donors (Lipinski definition) is 4. The number of nitrogens with zero attached hydrogens (tertiary/aromatic N) is 1. The van der Waals surface area contributed by atoms with Crippen molar-refractivity contribution in [2.75, 3.05) is 18.4 Å². The number of aromatic nitrogens is 1. The van der Waals surface area contributed by atoms with Gasteiger partial charge in [-0.25, -0.2) is 0 Å². The quantitative estimate of drug-likeness (QED) is 0.156. The molecule has 5 rings (SSSR count). The number of aliphatic carboxylic acids is 1. The number of rotatable bonds is 10. The molecule has 2 fully saturated rings. The van der Waals surface area contributed by atoms with E-state index < -0.39 is 29.7 Å². The number of nitrogens with two attached hydrogens (primary N) is 1. The van der Waals surface area contributed by atoms with Gasteiger partial charge in [-0.3, -0.25) is 19.2 Å². The lowest BCUT2D eigenvalue weighted by Gasteiger charge is -2.22. The number of thiazole rings is 1. The predicted molar refractivity (Wildman–Crippen MR) is 169 cm³/mol. The molecule has 3 unspecified atom stereocenters. The van der Waals surface area contributed by atoms with Crippen LogP contribution in [-0.4, -0.2) is 51.9 Å². The fourth-order valence-corrected chi connectivity index (χ4v) is 5.57. The summed E-state index contributed by atoms with van der Waals surface area (Å²) in [5.41, 5.74) is 5.55. The number of hydrogen-bond acceptors (Lipinski definition) is 6. The van der Waals surface area contributed by atoms with Crippen LogP contribution >= 0.6 is 11.3 Å². The van der Waals surface area contributed by atoms with Gasteiger partial charge in [-0.05, 0) is 68.4 Å². The summed E-state index contributed by atoms with van der Waals surface area (Å²) in [7, 11) is 0. The lowest BCUT2D eigenvalue weighted by molar-refractivity contribution is -0.139. The van der Waals surface area contributed by atoms with Gasteiger partial charge in [0.2, 0.25) is 11.8 Å². The highest BCUT2D eigenvalue weighted by Crippen LogP contribution is 2.39. The number of anilines is 1. The van der Waals surface area contributed by atoms with E-state index in [0.29, 0.717) is 25.3 Å². The van der Waals surface area contributed by atoms with Crippen molar-refractivity contribution >= 4 is 45.0 Å². The Bertz CT molecular complexity index is 1480. The van der Waals surface area contributed by atoms with Crippen molar-refractivity contribution in [3.8, 4) is 0 Å². The van der Waals surface area contributed by atoms with Gasteiger partial charge in [0.1, 0.15) is 6.04 Å². The lowest BCUT2D eigenvalue weighted by atomic mass is 10.2. The number of benzene rings is 2. The van der Waals surface area contributed by atoms with Crippen LogP contribution in [0.3, 0.4) is 0 Å². The molecular formula is C32H39F3N4O5S. The highest BCUT2D eigenvalue weighted by Gasteiger charge is 2.41. The van der Waals surface area contributed by atoms with Crippen molar-refractivity contribution in [3.05, 3.63) is 75.9 Å². The number of amides is 2. The van der Waals surface area contributed by atoms with Crippen molar-refractivity contribution in [2.24, 2.45) is 17.6 Å². The number of unbranched alkanes of at least 4 members (excludes halogenated alkanes) is 3. The summed E-state index contributed by atoms with van der Waals surface area (Å²) in [5, 5.41) is 11.3. The van der Waals surface area contributed by atoms with Crippen LogP contribution in [0.4, 0.5) is 18.9 Å². The molecule has 0 bridgehead atoms. The standard InChI is InChI=1S/C14H16F3N3O2.C11H18O2.C7H5NOS/c15-14(16,17)9-3-1-4-10(7-9)19-8-12(21)20-6-2-5-11(20)13(18)22;1-2-3-4-5-6-7-9-8-10(9)11(12)13;9-7-8-5-3-1-2-4-6(5)10-7/h1,3-4,7,11,19H,2,5-6,8H2,(H2,18,22);6-7,9-10H,2-5,8H2,1H3,(H,12,13);1-4H,(H,8,9)/b;7-6-;. The van der Waals surface area contributed by atoms with Gasteiger partial charge in [0.05, 0.1) is 28.2 Å². The number of H-pyrrole nitrogens is 1. The van der Waals surface area contributed by atoms with Crippen molar-refractivity contribution in [2.45, 2.75) is 64.1 Å². The summed E-state index contributed by atoms with van der Waals surface area (Å²) in [4.78, 5) is 48.6. The molecule has 1 saturated carbocycles. The topological polar surface area (TPSA) is 146 Å². The van der Waals surface area contributed by atoms with Crippen LogP contribution < -0.4 is 15.9 Å². The molecule has 0 spiro atoms. The number of carbonyl (C=O) groups excluding carboxylic acids is 2. The van der Waals surface area contributed by atoms with Crippen LogP contribution in [-0.2, 0) is 20.6 Å². The minimum Gasteiger partial charge on any atom is -0.481 e. The Morgan fingerprint density at radius 2 is 1.91 bits per heavy atom. The highest BCUT2D eigenvalue weighted by atomic mass is 32.1. The number of para-hydroxylation sites is 1. The fraction of sp³-hybridized carbons (Fsp3) is 0.438. The number of likely N-dealkylation sites (tertiary alicyclic amines) is 1. The van der Waals surface area contributed by atoms with Gasteiger partial charge < -0.3 is 26.0 Å². The minimum absolute atomic E-state index is 0.0150. The molecule has 45 heavy (non-hydrogen) atoms. The molecule has 0 radical (unpaired) electrons. The summed E-state index contributed by atoms with van der Waals surface area (Å²) >= 11 is 1.24. The van der Waals surface area contributed by atoms with E-state index in [0.717, 1.165) is 35.2 Å². The number of carboxylic acid groups (broad SMARTS) is 1. The summed E-state index contributed by atoms with van der Waals surface area (Å²) < 4.78 is 38.8. The van der Waals surface area contributed by atoms with Crippen LogP contribution in [0.15, 0.2) is 65.5 Å². The first kappa shape index (κ1) is 35.4. The van der Waals surface area contributed by atoms with Gasteiger partial charge in [0.25, 0.3) is 0 Å². The average molecular weight is 649 g/mol. The molecule has 3 aromatic rings. The molecular weight excluding hydrogens is 609 g/mol. The molecule has 1 aliphatic heterocycles. The Labute approximate surface area is 263 Å². The first-order chi connectivity index (χ1) is 21.4. The zero-order chi connectivity index (χ0) is 33.0. The van der Waals surface area contributed by atoms with Crippen LogP contribution in [0.1, 0.15) is 57.4 Å². The van der Waals surface area contributed by atoms with E-state index in [9.17, 15) is 32.3 Å². The molecule has 2 aliphatic rings. The Morgan fingerprint density at radius 1 is 1.16 bits per heavy atom. The number of nitrogens with one attached hydrogen (secondary N) is 2. The monoisotopic (exact) mass is 648 g/mol. The Hall–Kier alpha value is -4.13. The zero-order valence-electron chi connectivity index (χ0n) is 25.0. The van der Waals surface area contributed by atoms with Gasteiger partial charge >= 0.3 is 17.0 Å². The molecule has 13 heteroatoms. The average Bonchev–Trinajstić information content (AvgIpc) is 3.41. The molecule has 1 aliphatic carbocycles. The number of alkyl halides is 3. The lowest BCUT2D eigenvalue weighted by Crippen LogP contribution is -2.45. The number of aromatic amines is 1. The molecule has 3 atom stereocenters. The molecule has 2 aromatic carbocycles. The van der Waals surface area contributed by atoms with Crippen LogP contribution in [0.2, 0.25) is 0 Å². The second-order valence-corrected chi connectivity index (χ2v) is 11.9. The number of primary amides is 1. The van der Waals surface area contributed by atoms with E-state index in [1.54, 1.807) is 0 Å². The maximum Gasteiger partial charge on any atom is 0.416 e. The molecule has 1 aromatic heterocycles. The largest absolute Gasteiger partial charge is 0.481 e. The maximum absolute atomic E-state index is 12.6. The molecule has 2 heterocycles. The van der Waals surface area contributed by atoms with Crippen molar-refractivity contribution in [1.29, 1.82) is 0 Å². The summed E-state index contributed by atoms with van der Waals surface area (Å²) in [6.07, 6.45) is 6.69. The van der Waals surface area contributed by atoms with E-state index in [-0.39, 0.29) is 28.9 Å². The molecule has 9 nitrogen and oxygen atoms in total. The smallest absolute Gasteiger partial charge is 0.416 e. The third-order valence-electron chi connectivity index (χ3n) is 7.38. The molecule has 244 valence electrons. The first-order valence-corrected chi connectivity index (χ1v) is 15.7. The minimum atomic E-state index is -4.44. The van der Waals surface area contributed by atoms with Crippen molar-refractivity contribution in [1.82, 2.24) is 9.88 Å². The number of fused-ring (bicyclic) bond motifs is 1. The Balaban J connectivity index is 0.000000202. The van der Waals surface area contributed by atoms with E-state index >= 15 is 0 Å². The number of halogens is 3. The van der Waals surface area contributed by atoms with Crippen LogP contribution in [0.5, 0.6) is 0 Å². The SMILES string of the molecule is CCCCC/C=C\C1CC1C(=O)O.NC(=O)C1CCCN1C(=O)CNc1cccc(C(F)(F)F)c1.O=c1[nH]c2ccccc2s1. The van der Waals surface area contributed by atoms with E-state index in [1.165, 1.54) is 47.6 Å². The van der Waals surface area contributed by atoms with Gasteiger partial charge in [0.15, 0.2) is 0 Å². The summed E-state index contributed by atoms with van der Waals surface area (Å²) in [6, 6.07) is 11.6. The van der Waals surface area contributed by atoms with E-state index in [4.69, 9.17) is 10.8 Å². The van der Waals surface area contributed by atoms with Gasteiger partial charge in [-0.2, -0.15) is 13.2 Å². The second-order valence-electron chi connectivity index (χ2n) is 10.9. The highest BCUT2D eigenvalue weighted by molar-refractivity contribution is 7.16. The number of carbonyl (C=O) groups is 3. The summed E-state index contributed by atoms with van der Waals surface area (Å²) in [5.74, 6) is -1.31. The maximum atomic E-state index is 12.6. The van der Waals surface area contributed by atoms with Gasteiger partial charge in [0, 0.05) is 12.2 Å². The third kappa shape index (κ3) is 11.4. The van der Waals surface area contributed by atoms with E-state index in [2.05, 4.69) is 29.4 Å². The van der Waals surface area contributed by atoms with Crippen LogP contribution in [0.25, 0.3) is 10.2 Å². The summed E-state index contributed by atoms with van der Waals surface area (Å²) in [6.45, 7) is 2.42. The zero-order valence-corrected chi connectivity index (χ0v) is 25.8. The molecule has 5 N–H and O–H groups in total. The van der Waals surface area contributed by atoms with Crippen molar-refractivity contribution < 1.29 is 32.7 Å². The van der Waals surface area contributed by atoms with Crippen molar-refractivity contribution in [3.63, 3.8) is 0 Å². The Kier molecular flexibility index (Phi) is 13.2. The molecule has 2 amide bonds. The fourth-order valence-electron chi connectivity index (χ4n) is 4.83. The molecule has 1 saturated heterocycles. The number of allylic oxidation sites excluding steroid dienone is 2. The van der Waals surface area contributed by atoms with Crippen LogP contribution in [0, 0.1) is 11.8 Å². The second kappa shape index (κ2) is 16.8. The number of carboxylic acids is 1. The Morgan fingerprint density at radius 3 is 2.56 bits per heavy atom.